The molecule has 0 saturated heterocycles. The first kappa shape index (κ1) is 13.4. The summed E-state index contributed by atoms with van der Waals surface area (Å²) in [5, 5.41) is 3.73. The summed E-state index contributed by atoms with van der Waals surface area (Å²) < 4.78 is 0. The number of nitrogens with zero attached hydrogens (tertiary/aromatic N) is 1. The van der Waals surface area contributed by atoms with Crippen LogP contribution in [0.4, 0.5) is 5.69 Å². The van der Waals surface area contributed by atoms with Crippen LogP contribution in [0.3, 0.4) is 0 Å². The molecule has 5 heteroatoms. The number of amides is 1. The summed E-state index contributed by atoms with van der Waals surface area (Å²) >= 11 is 11.7. The fraction of sp³-hybridized carbons (Fsp3) is 0.308. The molecule has 0 aliphatic carbocycles. The van der Waals surface area contributed by atoms with Gasteiger partial charge < -0.3 is 5.32 Å². The van der Waals surface area contributed by atoms with Crippen molar-refractivity contribution in [1.29, 1.82) is 0 Å². The molecule has 18 heavy (non-hydrogen) atoms. The normalized spacial score (nSPS) is 23.3. The van der Waals surface area contributed by atoms with Crippen LogP contribution >= 0.6 is 23.2 Å². The summed E-state index contributed by atoms with van der Waals surface area (Å²) in [5.74, 6) is -0.0727. The van der Waals surface area contributed by atoms with Gasteiger partial charge in [0.05, 0.1) is 10.0 Å². The van der Waals surface area contributed by atoms with Gasteiger partial charge in [-0.15, -0.1) is 0 Å². The molecule has 1 aliphatic heterocycles. The zero-order valence-corrected chi connectivity index (χ0v) is 11.7. The van der Waals surface area contributed by atoms with Crippen molar-refractivity contribution < 1.29 is 4.79 Å². The minimum absolute atomic E-state index is 0.0727. The van der Waals surface area contributed by atoms with Gasteiger partial charge in [0.2, 0.25) is 5.91 Å². The van der Waals surface area contributed by atoms with Crippen LogP contribution in [0.25, 0.3) is 0 Å². The average molecular weight is 285 g/mol. The zero-order valence-electron chi connectivity index (χ0n) is 10.2. The summed E-state index contributed by atoms with van der Waals surface area (Å²) in [6, 6.07) is 5.07. The van der Waals surface area contributed by atoms with E-state index in [2.05, 4.69) is 5.32 Å². The van der Waals surface area contributed by atoms with Crippen LogP contribution in [0.1, 0.15) is 6.92 Å². The van der Waals surface area contributed by atoms with Crippen LogP contribution in [0.2, 0.25) is 10.0 Å². The Labute approximate surface area is 116 Å². The Morgan fingerprint density at radius 1 is 1.28 bits per heavy atom. The number of likely N-dealkylation sites (N-methyl/N-ethyl adjacent to an activating group) is 1. The smallest absolute Gasteiger partial charge is 0.245 e. The predicted molar refractivity (Wildman–Crippen MR) is 75.2 cm³/mol. The van der Waals surface area contributed by atoms with Gasteiger partial charge >= 0.3 is 0 Å². The number of hydrogen-bond donors (Lipinski definition) is 1. The summed E-state index contributed by atoms with van der Waals surface area (Å²) in [7, 11) is 1.92. The zero-order chi connectivity index (χ0) is 13.3. The third-order valence-corrected chi connectivity index (χ3v) is 3.85. The molecule has 2 rings (SSSR count). The molecule has 0 radical (unpaired) electrons. The third-order valence-electron chi connectivity index (χ3n) is 3.11. The van der Waals surface area contributed by atoms with Crippen molar-refractivity contribution in [2.45, 2.75) is 19.0 Å². The van der Waals surface area contributed by atoms with Crippen LogP contribution in [-0.2, 0) is 4.79 Å². The molecule has 1 aliphatic rings. The standard InChI is InChI=1S/C13H14Cl2N2O/c1-8-3-6-12(17(8)2)13(18)16-9-4-5-10(14)11(15)7-9/h3-8,12H,1-2H3,(H,16,18)/t8-,12+/m1/s1. The molecule has 0 bridgehead atoms. The van der Waals surface area contributed by atoms with E-state index in [1.165, 1.54) is 0 Å². The van der Waals surface area contributed by atoms with Crippen molar-refractivity contribution in [3.63, 3.8) is 0 Å². The second kappa shape index (κ2) is 5.31. The highest BCUT2D eigenvalue weighted by Crippen LogP contribution is 2.25. The number of hydrogen-bond acceptors (Lipinski definition) is 2. The molecule has 2 atom stereocenters. The lowest BCUT2D eigenvalue weighted by Crippen LogP contribution is -2.40. The Kier molecular flexibility index (Phi) is 3.95. The van der Waals surface area contributed by atoms with Crippen LogP contribution in [0.5, 0.6) is 0 Å². The van der Waals surface area contributed by atoms with Crippen LogP contribution < -0.4 is 5.32 Å². The fourth-order valence-electron chi connectivity index (χ4n) is 1.85. The van der Waals surface area contributed by atoms with Gasteiger partial charge in [-0.1, -0.05) is 35.4 Å². The lowest BCUT2D eigenvalue weighted by Gasteiger charge is -2.22. The first-order valence-corrected chi connectivity index (χ1v) is 6.41. The van der Waals surface area contributed by atoms with E-state index >= 15 is 0 Å². The fourth-order valence-corrected chi connectivity index (χ4v) is 2.15. The van der Waals surface area contributed by atoms with Gasteiger partial charge in [-0.05, 0) is 32.2 Å². The molecule has 0 spiro atoms. The average Bonchev–Trinajstić information content (AvgIpc) is 2.65. The largest absolute Gasteiger partial charge is 0.324 e. The van der Waals surface area contributed by atoms with E-state index in [0.717, 1.165) is 0 Å². The van der Waals surface area contributed by atoms with Crippen LogP contribution in [0.15, 0.2) is 30.4 Å². The van der Waals surface area contributed by atoms with Gasteiger partial charge in [0, 0.05) is 11.7 Å². The maximum Gasteiger partial charge on any atom is 0.245 e. The Morgan fingerprint density at radius 3 is 2.56 bits per heavy atom. The van der Waals surface area contributed by atoms with Gasteiger partial charge in [0.15, 0.2) is 0 Å². The molecule has 96 valence electrons. The molecule has 1 amide bonds. The maximum absolute atomic E-state index is 12.1. The number of anilines is 1. The summed E-state index contributed by atoms with van der Waals surface area (Å²) in [4.78, 5) is 14.1. The van der Waals surface area contributed by atoms with E-state index in [4.69, 9.17) is 23.2 Å². The molecule has 0 unspecified atom stereocenters. The molecule has 1 heterocycles. The van der Waals surface area contributed by atoms with E-state index in [1.54, 1.807) is 18.2 Å². The van der Waals surface area contributed by atoms with Crippen molar-refractivity contribution >= 4 is 34.8 Å². The van der Waals surface area contributed by atoms with Crippen molar-refractivity contribution in [1.82, 2.24) is 4.90 Å². The number of carbonyl (C=O) groups is 1. The van der Waals surface area contributed by atoms with Gasteiger partial charge in [0.1, 0.15) is 6.04 Å². The highest BCUT2D eigenvalue weighted by atomic mass is 35.5. The Morgan fingerprint density at radius 2 is 2.00 bits per heavy atom. The second-order valence-electron chi connectivity index (χ2n) is 4.35. The van der Waals surface area contributed by atoms with E-state index < -0.39 is 0 Å². The molecular formula is C13H14Cl2N2O. The van der Waals surface area contributed by atoms with Crippen molar-refractivity contribution in [2.24, 2.45) is 0 Å². The quantitative estimate of drug-likeness (QED) is 0.846. The molecule has 1 N–H and O–H groups in total. The molecule has 1 aromatic carbocycles. The highest BCUT2D eigenvalue weighted by molar-refractivity contribution is 6.42. The summed E-state index contributed by atoms with van der Waals surface area (Å²) in [5.41, 5.74) is 0.649. The SMILES string of the molecule is C[C@@H]1C=C[C@@H](C(=O)Nc2ccc(Cl)c(Cl)c2)N1C. The molecule has 1 aromatic rings. The van der Waals surface area contributed by atoms with Crippen LogP contribution in [-0.4, -0.2) is 29.9 Å². The van der Waals surface area contributed by atoms with E-state index in [1.807, 2.05) is 31.0 Å². The monoisotopic (exact) mass is 284 g/mol. The molecule has 0 fully saturated rings. The number of nitrogens with one attached hydrogen (secondary N) is 1. The second-order valence-corrected chi connectivity index (χ2v) is 5.17. The Balaban J connectivity index is 2.08. The molecular weight excluding hydrogens is 271 g/mol. The Hall–Kier alpha value is -1.03. The van der Waals surface area contributed by atoms with Crippen molar-refractivity contribution in [3.05, 3.63) is 40.4 Å². The van der Waals surface area contributed by atoms with E-state index in [-0.39, 0.29) is 18.0 Å². The van der Waals surface area contributed by atoms with Gasteiger partial charge in [0.25, 0.3) is 0 Å². The predicted octanol–water partition coefficient (Wildman–Crippen LogP) is 3.19. The number of halogens is 2. The van der Waals surface area contributed by atoms with Crippen molar-refractivity contribution in [3.8, 4) is 0 Å². The minimum Gasteiger partial charge on any atom is -0.324 e. The summed E-state index contributed by atoms with van der Waals surface area (Å²) in [6.45, 7) is 2.04. The molecule has 0 saturated carbocycles. The first-order chi connectivity index (χ1) is 8.49. The molecule has 0 aromatic heterocycles. The minimum atomic E-state index is -0.241. The molecule has 3 nitrogen and oxygen atoms in total. The lowest BCUT2D eigenvalue weighted by molar-refractivity contribution is -0.119. The highest BCUT2D eigenvalue weighted by Gasteiger charge is 2.27. The van der Waals surface area contributed by atoms with Gasteiger partial charge in [-0.25, -0.2) is 0 Å². The number of rotatable bonds is 2. The van der Waals surface area contributed by atoms with Gasteiger partial charge in [-0.2, -0.15) is 0 Å². The van der Waals surface area contributed by atoms with E-state index in [0.29, 0.717) is 15.7 Å². The summed E-state index contributed by atoms with van der Waals surface area (Å²) in [6.07, 6.45) is 3.91. The first-order valence-electron chi connectivity index (χ1n) is 5.65. The Bertz CT molecular complexity index is 502. The number of benzene rings is 1. The maximum atomic E-state index is 12.1. The van der Waals surface area contributed by atoms with E-state index in [9.17, 15) is 4.79 Å². The third kappa shape index (κ3) is 2.69. The van der Waals surface area contributed by atoms with Crippen LogP contribution in [0, 0.1) is 0 Å². The van der Waals surface area contributed by atoms with Gasteiger partial charge in [-0.3, -0.25) is 9.69 Å². The topological polar surface area (TPSA) is 32.3 Å². The number of carbonyl (C=O) groups excluding carboxylic acids is 1. The van der Waals surface area contributed by atoms with Crippen molar-refractivity contribution in [2.75, 3.05) is 12.4 Å². The lowest BCUT2D eigenvalue weighted by atomic mass is 10.2.